The minimum atomic E-state index is -3.11. The third-order valence-corrected chi connectivity index (χ3v) is 7.46. The summed E-state index contributed by atoms with van der Waals surface area (Å²) in [7, 11) is -3.11. The Kier molecular flexibility index (Phi) is 5.50. The number of ether oxygens (including phenoxy) is 1. The van der Waals surface area contributed by atoms with Crippen molar-refractivity contribution in [2.45, 2.75) is 25.1 Å². The van der Waals surface area contributed by atoms with Crippen LogP contribution in [0.5, 0.6) is 0 Å². The zero-order valence-corrected chi connectivity index (χ0v) is 13.5. The van der Waals surface area contributed by atoms with E-state index in [0.717, 1.165) is 31.4 Å². The highest BCUT2D eigenvalue weighted by Crippen LogP contribution is 2.31. The van der Waals surface area contributed by atoms with Crippen LogP contribution < -0.4 is 0 Å². The Hall–Kier alpha value is -0.110. The van der Waals surface area contributed by atoms with Gasteiger partial charge in [0.05, 0.1) is 12.0 Å². The van der Waals surface area contributed by atoms with Crippen LogP contribution in [0.2, 0.25) is 0 Å². The molecule has 0 aromatic rings. The molecule has 2 aliphatic rings. The highest BCUT2D eigenvalue weighted by atomic mass is 32.2. The van der Waals surface area contributed by atoms with Crippen molar-refractivity contribution in [2.24, 2.45) is 5.41 Å². The third-order valence-electron chi connectivity index (χ3n) is 4.13. The molecule has 0 bridgehead atoms. The van der Waals surface area contributed by atoms with E-state index in [1.54, 1.807) is 18.7 Å². The monoisotopic (exact) mass is 321 g/mol. The summed E-state index contributed by atoms with van der Waals surface area (Å²) in [5.74, 6) is 1.68. The van der Waals surface area contributed by atoms with Crippen molar-refractivity contribution in [2.75, 3.05) is 43.6 Å². The quantitative estimate of drug-likeness (QED) is 0.698. The standard InChI is InChI=1S/C13H23NO4S2/c1-2-20(16,17)12-8-19-7-5-14(12)9-13(10-15)4-3-6-18-11-13/h10,12H,2-9,11H2,1H3. The van der Waals surface area contributed by atoms with E-state index in [-0.39, 0.29) is 5.75 Å². The van der Waals surface area contributed by atoms with Gasteiger partial charge >= 0.3 is 0 Å². The Balaban J connectivity index is 2.14. The molecular formula is C13H23NO4S2. The van der Waals surface area contributed by atoms with Crippen LogP contribution in [0, 0.1) is 5.41 Å². The first-order chi connectivity index (χ1) is 9.53. The number of rotatable bonds is 5. The van der Waals surface area contributed by atoms with Crippen LogP contribution in [-0.2, 0) is 19.4 Å². The Morgan fingerprint density at radius 2 is 2.30 bits per heavy atom. The number of carbonyl (C=O) groups excluding carboxylic acids is 1. The molecule has 0 spiro atoms. The Labute approximate surface area is 125 Å². The van der Waals surface area contributed by atoms with Crippen molar-refractivity contribution in [3.63, 3.8) is 0 Å². The van der Waals surface area contributed by atoms with Gasteiger partial charge in [-0.25, -0.2) is 8.42 Å². The summed E-state index contributed by atoms with van der Waals surface area (Å²) in [6.07, 6.45) is 2.63. The van der Waals surface area contributed by atoms with Gasteiger partial charge in [0.25, 0.3) is 0 Å². The molecule has 20 heavy (non-hydrogen) atoms. The lowest BCUT2D eigenvalue weighted by Gasteiger charge is -2.41. The van der Waals surface area contributed by atoms with E-state index < -0.39 is 20.6 Å². The highest BCUT2D eigenvalue weighted by Gasteiger charge is 2.40. The van der Waals surface area contributed by atoms with Gasteiger partial charge in [-0.2, -0.15) is 11.8 Å². The van der Waals surface area contributed by atoms with Crippen molar-refractivity contribution in [3.8, 4) is 0 Å². The second kappa shape index (κ2) is 6.77. The van der Waals surface area contributed by atoms with E-state index in [1.165, 1.54) is 0 Å². The smallest absolute Gasteiger partial charge is 0.166 e. The molecule has 0 radical (unpaired) electrons. The van der Waals surface area contributed by atoms with Gasteiger partial charge in [0.2, 0.25) is 0 Å². The summed E-state index contributed by atoms with van der Waals surface area (Å²) in [5.41, 5.74) is -0.526. The zero-order chi connectivity index (χ0) is 14.6. The van der Waals surface area contributed by atoms with Gasteiger partial charge in [-0.1, -0.05) is 6.92 Å². The van der Waals surface area contributed by atoms with Crippen LogP contribution in [0.15, 0.2) is 0 Å². The topological polar surface area (TPSA) is 63.7 Å². The van der Waals surface area contributed by atoms with Gasteiger partial charge in [0.15, 0.2) is 9.84 Å². The molecule has 0 aliphatic carbocycles. The van der Waals surface area contributed by atoms with Crippen LogP contribution in [-0.4, -0.2) is 68.5 Å². The molecule has 0 aromatic carbocycles. The normalized spacial score (nSPS) is 33.0. The van der Waals surface area contributed by atoms with Gasteiger partial charge < -0.3 is 9.53 Å². The molecule has 2 fully saturated rings. The fraction of sp³-hybridized carbons (Fsp3) is 0.923. The largest absolute Gasteiger partial charge is 0.380 e. The van der Waals surface area contributed by atoms with E-state index in [2.05, 4.69) is 0 Å². The Bertz CT molecular complexity index is 432. The number of hydrogen-bond acceptors (Lipinski definition) is 6. The first-order valence-electron chi connectivity index (χ1n) is 7.10. The molecule has 2 aliphatic heterocycles. The van der Waals surface area contributed by atoms with Crippen LogP contribution in [0.1, 0.15) is 19.8 Å². The Morgan fingerprint density at radius 3 is 2.90 bits per heavy atom. The molecule has 2 saturated heterocycles. The number of thioether (sulfide) groups is 1. The molecule has 5 nitrogen and oxygen atoms in total. The van der Waals surface area contributed by atoms with Gasteiger partial charge in [-0.3, -0.25) is 4.90 Å². The summed E-state index contributed by atoms with van der Waals surface area (Å²) in [6, 6.07) is 0. The Morgan fingerprint density at radius 1 is 1.50 bits per heavy atom. The maximum atomic E-state index is 12.2. The average Bonchev–Trinajstić information content (AvgIpc) is 2.48. The number of carbonyl (C=O) groups is 1. The van der Waals surface area contributed by atoms with Gasteiger partial charge in [0, 0.05) is 37.0 Å². The van der Waals surface area contributed by atoms with Crippen LogP contribution in [0.25, 0.3) is 0 Å². The van der Waals surface area contributed by atoms with Crippen molar-refractivity contribution in [1.82, 2.24) is 4.90 Å². The highest BCUT2D eigenvalue weighted by molar-refractivity contribution is 8.01. The summed E-state index contributed by atoms with van der Waals surface area (Å²) in [5, 5.41) is -0.454. The fourth-order valence-electron chi connectivity index (χ4n) is 2.85. The maximum Gasteiger partial charge on any atom is 0.166 e. The second-order valence-corrected chi connectivity index (χ2v) is 9.18. The lowest BCUT2D eigenvalue weighted by atomic mass is 9.83. The lowest BCUT2D eigenvalue weighted by Crippen LogP contribution is -2.54. The van der Waals surface area contributed by atoms with Crippen molar-refractivity contribution in [1.29, 1.82) is 0 Å². The zero-order valence-electron chi connectivity index (χ0n) is 11.9. The average molecular weight is 321 g/mol. The van der Waals surface area contributed by atoms with E-state index in [0.29, 0.717) is 25.5 Å². The van der Waals surface area contributed by atoms with Gasteiger partial charge in [-0.15, -0.1) is 0 Å². The molecule has 116 valence electrons. The summed E-state index contributed by atoms with van der Waals surface area (Å²) in [6.45, 7) is 4.03. The second-order valence-electron chi connectivity index (χ2n) is 5.59. The molecule has 2 atom stereocenters. The molecule has 0 N–H and O–H groups in total. The minimum absolute atomic E-state index is 0.152. The summed E-state index contributed by atoms with van der Waals surface area (Å²) in [4.78, 5) is 13.5. The molecule has 2 heterocycles. The number of aldehydes is 1. The predicted molar refractivity (Wildman–Crippen MR) is 80.7 cm³/mol. The summed E-state index contributed by atoms with van der Waals surface area (Å²) >= 11 is 1.68. The number of hydrogen-bond donors (Lipinski definition) is 0. The van der Waals surface area contributed by atoms with Gasteiger partial charge in [0.1, 0.15) is 11.7 Å². The summed E-state index contributed by atoms with van der Waals surface area (Å²) < 4.78 is 29.9. The first-order valence-corrected chi connectivity index (χ1v) is 9.97. The van der Waals surface area contributed by atoms with E-state index in [4.69, 9.17) is 4.74 Å². The minimum Gasteiger partial charge on any atom is -0.380 e. The molecule has 7 heteroatoms. The van der Waals surface area contributed by atoms with E-state index in [9.17, 15) is 13.2 Å². The van der Waals surface area contributed by atoms with Crippen LogP contribution >= 0.6 is 11.8 Å². The SMILES string of the molecule is CCS(=O)(=O)C1CSCCN1CC1(C=O)CCCOC1. The van der Waals surface area contributed by atoms with E-state index >= 15 is 0 Å². The predicted octanol–water partition coefficient (Wildman–Crippen LogP) is 0.792. The maximum absolute atomic E-state index is 12.2. The number of nitrogens with zero attached hydrogens (tertiary/aromatic N) is 1. The van der Waals surface area contributed by atoms with Crippen molar-refractivity contribution in [3.05, 3.63) is 0 Å². The van der Waals surface area contributed by atoms with Crippen molar-refractivity contribution < 1.29 is 17.9 Å². The van der Waals surface area contributed by atoms with Crippen LogP contribution in [0.4, 0.5) is 0 Å². The molecular weight excluding hydrogens is 298 g/mol. The van der Waals surface area contributed by atoms with Crippen LogP contribution in [0.3, 0.4) is 0 Å². The molecule has 0 saturated carbocycles. The first kappa shape index (κ1) is 16.3. The lowest BCUT2D eigenvalue weighted by molar-refractivity contribution is -0.125. The van der Waals surface area contributed by atoms with Gasteiger partial charge in [-0.05, 0) is 12.8 Å². The number of sulfone groups is 1. The van der Waals surface area contributed by atoms with E-state index in [1.807, 2.05) is 4.90 Å². The third kappa shape index (κ3) is 3.55. The van der Waals surface area contributed by atoms with Crippen molar-refractivity contribution >= 4 is 27.9 Å². The molecule has 0 amide bonds. The fourth-order valence-corrected chi connectivity index (χ4v) is 5.93. The molecule has 0 aromatic heterocycles. The molecule has 2 unspecified atom stereocenters. The molecule has 2 rings (SSSR count).